The van der Waals surface area contributed by atoms with E-state index in [1.54, 1.807) is 6.92 Å². The molecule has 0 aromatic rings. The van der Waals surface area contributed by atoms with E-state index in [0.29, 0.717) is 12.2 Å². The maximum Gasteiger partial charge on any atom is 0.333 e. The van der Waals surface area contributed by atoms with Crippen LogP contribution in [0, 0.1) is 0 Å². The van der Waals surface area contributed by atoms with Gasteiger partial charge >= 0.3 is 5.97 Å². The summed E-state index contributed by atoms with van der Waals surface area (Å²) < 4.78 is 5.98. The highest BCUT2D eigenvalue weighted by Gasteiger charge is 2.16. The number of rotatable bonds is 6. The third-order valence-corrected chi connectivity index (χ3v) is 2.74. The summed E-state index contributed by atoms with van der Waals surface area (Å²) in [7, 11) is 2.16. The molecule has 0 bridgehead atoms. The van der Waals surface area contributed by atoms with Crippen molar-refractivity contribution in [1.82, 2.24) is 0 Å². The molecule has 0 saturated carbocycles. The maximum atomic E-state index is 11.1. The van der Waals surface area contributed by atoms with Crippen LogP contribution in [0.3, 0.4) is 0 Å². The summed E-state index contributed by atoms with van der Waals surface area (Å²) in [5, 5.41) is 0. The van der Waals surface area contributed by atoms with Crippen molar-refractivity contribution < 1.29 is 14.0 Å². The molecule has 0 unspecified atom stereocenters. The average molecular weight is 200 g/mol. The summed E-state index contributed by atoms with van der Waals surface area (Å²) in [5.41, 5.74) is 0.465. The molecule has 0 aliphatic rings. The van der Waals surface area contributed by atoms with E-state index in [1.165, 1.54) is 0 Å². The van der Waals surface area contributed by atoms with Crippen molar-refractivity contribution in [2.75, 3.05) is 33.3 Å². The van der Waals surface area contributed by atoms with Gasteiger partial charge in [0.2, 0.25) is 0 Å². The summed E-state index contributed by atoms with van der Waals surface area (Å²) in [6.45, 7) is 12.9. The van der Waals surface area contributed by atoms with Gasteiger partial charge in [0.05, 0.1) is 20.1 Å². The quantitative estimate of drug-likeness (QED) is 0.370. The van der Waals surface area contributed by atoms with Crippen LogP contribution in [0.4, 0.5) is 0 Å². The van der Waals surface area contributed by atoms with Crippen molar-refractivity contribution in [3.63, 3.8) is 0 Å². The summed E-state index contributed by atoms with van der Waals surface area (Å²) in [5.74, 6) is -0.288. The minimum atomic E-state index is -0.288. The molecular weight excluding hydrogens is 178 g/mol. The van der Waals surface area contributed by atoms with E-state index >= 15 is 0 Å². The average Bonchev–Trinajstić information content (AvgIpc) is 2.17. The SMILES string of the molecule is C=C(C)C(=O)OCC[N+](C)(CC)CC. The van der Waals surface area contributed by atoms with Crippen LogP contribution in [0.5, 0.6) is 0 Å². The van der Waals surface area contributed by atoms with E-state index in [-0.39, 0.29) is 5.97 Å². The van der Waals surface area contributed by atoms with Crippen molar-refractivity contribution in [1.29, 1.82) is 0 Å². The van der Waals surface area contributed by atoms with Crippen LogP contribution in [-0.4, -0.2) is 43.7 Å². The highest BCUT2D eigenvalue weighted by atomic mass is 16.5. The third kappa shape index (κ3) is 4.42. The number of likely N-dealkylation sites (N-methyl/N-ethyl adjacent to an activating group) is 1. The lowest BCUT2D eigenvalue weighted by Gasteiger charge is -2.31. The second-order valence-corrected chi connectivity index (χ2v) is 3.89. The van der Waals surface area contributed by atoms with Gasteiger partial charge in [-0.15, -0.1) is 0 Å². The fraction of sp³-hybridized carbons (Fsp3) is 0.727. The molecule has 3 nitrogen and oxygen atoms in total. The topological polar surface area (TPSA) is 26.3 Å². The highest BCUT2D eigenvalue weighted by molar-refractivity contribution is 5.86. The molecule has 0 aliphatic heterocycles. The fourth-order valence-corrected chi connectivity index (χ4v) is 1.02. The van der Waals surface area contributed by atoms with Crippen LogP contribution < -0.4 is 0 Å². The number of carbonyl (C=O) groups excluding carboxylic acids is 1. The number of hydrogen-bond donors (Lipinski definition) is 0. The first-order valence-electron chi connectivity index (χ1n) is 5.11. The standard InChI is InChI=1S/C11H22NO2/c1-6-12(5,7-2)8-9-14-11(13)10(3)4/h3,6-9H2,1-2,4-5H3/q+1. The Hall–Kier alpha value is -0.830. The number of quaternary nitrogens is 1. The van der Waals surface area contributed by atoms with Crippen LogP contribution in [0.15, 0.2) is 12.2 Å². The molecule has 0 aromatic heterocycles. The molecule has 0 heterocycles. The Balaban J connectivity index is 3.83. The van der Waals surface area contributed by atoms with E-state index in [9.17, 15) is 4.79 Å². The predicted molar refractivity (Wildman–Crippen MR) is 57.9 cm³/mol. The molecule has 0 rings (SSSR count). The van der Waals surface area contributed by atoms with Gasteiger partial charge in [0.15, 0.2) is 0 Å². The van der Waals surface area contributed by atoms with Crippen LogP contribution in [-0.2, 0) is 9.53 Å². The zero-order valence-corrected chi connectivity index (χ0v) is 9.80. The number of carbonyl (C=O) groups is 1. The molecule has 0 N–H and O–H groups in total. The molecule has 14 heavy (non-hydrogen) atoms. The molecule has 0 aliphatic carbocycles. The second-order valence-electron chi connectivity index (χ2n) is 3.89. The Kier molecular flexibility index (Phi) is 5.46. The molecule has 82 valence electrons. The number of esters is 1. The van der Waals surface area contributed by atoms with Crippen molar-refractivity contribution in [3.05, 3.63) is 12.2 Å². The maximum absolute atomic E-state index is 11.1. The first-order chi connectivity index (χ1) is 6.45. The van der Waals surface area contributed by atoms with Gasteiger partial charge in [0.1, 0.15) is 13.2 Å². The summed E-state index contributed by atoms with van der Waals surface area (Å²) in [4.78, 5) is 11.1. The number of hydrogen-bond acceptors (Lipinski definition) is 2. The lowest BCUT2D eigenvalue weighted by molar-refractivity contribution is -0.906. The lowest BCUT2D eigenvalue weighted by atomic mass is 10.3. The fourth-order valence-electron chi connectivity index (χ4n) is 1.02. The lowest BCUT2D eigenvalue weighted by Crippen LogP contribution is -2.46. The van der Waals surface area contributed by atoms with E-state index in [1.807, 2.05) is 0 Å². The van der Waals surface area contributed by atoms with Crippen molar-refractivity contribution >= 4 is 5.97 Å². The molecule has 0 radical (unpaired) electrons. The Morgan fingerprint density at radius 2 is 1.86 bits per heavy atom. The summed E-state index contributed by atoms with van der Waals surface area (Å²) in [6, 6.07) is 0. The van der Waals surface area contributed by atoms with Gasteiger partial charge in [-0.1, -0.05) is 6.58 Å². The van der Waals surface area contributed by atoms with Gasteiger partial charge < -0.3 is 9.22 Å². The molecule has 0 aromatic carbocycles. The predicted octanol–water partition coefficient (Wildman–Crippen LogP) is 1.59. The Morgan fingerprint density at radius 1 is 1.36 bits per heavy atom. The van der Waals surface area contributed by atoms with Crippen molar-refractivity contribution in [2.45, 2.75) is 20.8 Å². The molecule has 0 fully saturated rings. The first-order valence-corrected chi connectivity index (χ1v) is 5.11. The van der Waals surface area contributed by atoms with Gasteiger partial charge in [0, 0.05) is 5.57 Å². The van der Waals surface area contributed by atoms with Crippen LogP contribution >= 0.6 is 0 Å². The minimum absolute atomic E-state index is 0.288. The van der Waals surface area contributed by atoms with Crippen molar-refractivity contribution in [2.24, 2.45) is 0 Å². The third-order valence-electron chi connectivity index (χ3n) is 2.74. The minimum Gasteiger partial charge on any atom is -0.456 e. The van der Waals surface area contributed by atoms with Gasteiger partial charge in [-0.05, 0) is 20.8 Å². The van der Waals surface area contributed by atoms with Crippen LogP contribution in [0.25, 0.3) is 0 Å². The summed E-state index contributed by atoms with van der Waals surface area (Å²) >= 11 is 0. The van der Waals surface area contributed by atoms with E-state index in [4.69, 9.17) is 4.74 Å². The molecule has 0 amide bonds. The van der Waals surface area contributed by atoms with Gasteiger partial charge in [-0.3, -0.25) is 0 Å². The Bertz CT molecular complexity index is 207. The highest BCUT2D eigenvalue weighted by Crippen LogP contribution is 2.01. The molecule has 0 spiro atoms. The van der Waals surface area contributed by atoms with Gasteiger partial charge in [0.25, 0.3) is 0 Å². The molecular formula is C11H22NO2+. The van der Waals surface area contributed by atoms with E-state index in [2.05, 4.69) is 27.5 Å². The monoisotopic (exact) mass is 200 g/mol. The van der Waals surface area contributed by atoms with E-state index < -0.39 is 0 Å². The van der Waals surface area contributed by atoms with Crippen LogP contribution in [0.1, 0.15) is 20.8 Å². The largest absolute Gasteiger partial charge is 0.456 e. The van der Waals surface area contributed by atoms with Crippen molar-refractivity contribution in [3.8, 4) is 0 Å². The Labute approximate surface area is 86.9 Å². The Morgan fingerprint density at radius 3 is 2.21 bits per heavy atom. The number of ether oxygens (including phenoxy) is 1. The van der Waals surface area contributed by atoms with Gasteiger partial charge in [-0.2, -0.15) is 0 Å². The van der Waals surface area contributed by atoms with Gasteiger partial charge in [-0.25, -0.2) is 4.79 Å². The van der Waals surface area contributed by atoms with Crippen LogP contribution in [0.2, 0.25) is 0 Å². The summed E-state index contributed by atoms with van der Waals surface area (Å²) in [6.07, 6.45) is 0. The smallest absolute Gasteiger partial charge is 0.333 e. The molecule has 0 atom stereocenters. The second kappa shape index (κ2) is 5.81. The van der Waals surface area contributed by atoms with E-state index in [0.717, 1.165) is 24.1 Å². The first kappa shape index (κ1) is 13.2. The number of nitrogens with zero attached hydrogens (tertiary/aromatic N) is 1. The molecule has 0 saturated heterocycles. The molecule has 3 heteroatoms. The normalized spacial score (nSPS) is 11.1. The zero-order valence-electron chi connectivity index (χ0n) is 9.80. The zero-order chi connectivity index (χ0) is 11.2.